The first kappa shape index (κ1) is 17.4. The Morgan fingerprint density at radius 2 is 1.78 bits per heavy atom. The summed E-state index contributed by atoms with van der Waals surface area (Å²) in [4.78, 5) is 8.76. The molecule has 0 unspecified atom stereocenters. The maximum Gasteiger partial charge on any atom is 0.314 e. The topological polar surface area (TPSA) is 201 Å². The van der Waals surface area contributed by atoms with Crippen LogP contribution in [0.2, 0.25) is 0 Å². The number of nitro groups is 1. The van der Waals surface area contributed by atoms with E-state index in [-0.39, 0.29) is 0 Å². The number of nitrogens with zero attached hydrogens (tertiary/aromatic N) is 4. The van der Waals surface area contributed by atoms with Crippen LogP contribution < -0.4 is 5.32 Å². The molecule has 116 valence electrons. The zero-order chi connectivity index (χ0) is 17.8. The third-order valence-corrected chi connectivity index (χ3v) is 3.23. The van der Waals surface area contributed by atoms with Crippen LogP contribution in [-0.4, -0.2) is 23.0 Å². The summed E-state index contributed by atoms with van der Waals surface area (Å²) in [6, 6.07) is 5.17. The lowest BCUT2D eigenvalue weighted by Gasteiger charge is -2.09. The van der Waals surface area contributed by atoms with Crippen molar-refractivity contribution >= 4 is 21.5 Å². The largest absolute Gasteiger partial charge is 0.501 e. The first-order valence-electron chi connectivity index (χ1n) is 5.36. The molecule has 0 fully saturated rings. The van der Waals surface area contributed by atoms with Crippen molar-refractivity contribution in [2.75, 3.05) is 5.32 Å². The van der Waals surface area contributed by atoms with Gasteiger partial charge >= 0.3 is 5.69 Å². The van der Waals surface area contributed by atoms with E-state index < -0.39 is 48.3 Å². The Morgan fingerprint density at radius 1 is 1.22 bits per heavy atom. The fourth-order valence-electron chi connectivity index (χ4n) is 1.39. The van der Waals surface area contributed by atoms with Crippen LogP contribution in [0.5, 0.6) is 5.75 Å². The van der Waals surface area contributed by atoms with Gasteiger partial charge in [0.15, 0.2) is 5.57 Å². The molecule has 0 saturated carbocycles. The highest BCUT2D eigenvalue weighted by atomic mass is 32.2. The number of hydrogen-bond donors (Lipinski definition) is 3. The average molecular weight is 335 g/mol. The van der Waals surface area contributed by atoms with Gasteiger partial charge in [0.1, 0.15) is 28.8 Å². The van der Waals surface area contributed by atoms with Crippen molar-refractivity contribution in [1.82, 2.24) is 0 Å². The second-order valence-corrected chi connectivity index (χ2v) is 5.20. The van der Waals surface area contributed by atoms with E-state index in [1.54, 1.807) is 0 Å². The lowest BCUT2D eigenvalue weighted by atomic mass is 10.2. The average Bonchev–Trinajstić information content (AvgIpc) is 2.47. The van der Waals surface area contributed by atoms with Gasteiger partial charge in [0.25, 0.3) is 10.1 Å². The van der Waals surface area contributed by atoms with Crippen LogP contribution >= 0.6 is 0 Å². The molecule has 0 aliphatic carbocycles. The normalized spacial score (nSPS) is 9.83. The van der Waals surface area contributed by atoms with E-state index in [0.29, 0.717) is 12.1 Å². The molecule has 0 aromatic heterocycles. The van der Waals surface area contributed by atoms with Crippen LogP contribution in [0.25, 0.3) is 0 Å². The molecule has 3 N–H and O–H groups in total. The van der Waals surface area contributed by atoms with Crippen molar-refractivity contribution in [2.45, 2.75) is 4.90 Å². The van der Waals surface area contributed by atoms with Crippen molar-refractivity contribution in [3.05, 3.63) is 33.5 Å². The fraction of sp³-hybridized carbons (Fsp3) is 0. The lowest BCUT2D eigenvalue weighted by Crippen LogP contribution is -2.05. The number of nitriles is 3. The van der Waals surface area contributed by atoms with Gasteiger partial charge in [-0.15, -0.1) is 0 Å². The molecule has 0 heterocycles. The lowest BCUT2D eigenvalue weighted by molar-refractivity contribution is -0.386. The van der Waals surface area contributed by atoms with Crippen LogP contribution in [0.3, 0.4) is 0 Å². The Morgan fingerprint density at radius 3 is 2.17 bits per heavy atom. The fourth-order valence-corrected chi connectivity index (χ4v) is 1.92. The van der Waals surface area contributed by atoms with E-state index in [1.165, 1.54) is 18.2 Å². The van der Waals surface area contributed by atoms with Gasteiger partial charge < -0.3 is 10.4 Å². The van der Waals surface area contributed by atoms with Gasteiger partial charge in [0.2, 0.25) is 5.75 Å². The highest BCUT2D eigenvalue weighted by Crippen LogP contribution is 2.37. The minimum atomic E-state index is -4.86. The molecule has 1 aromatic carbocycles. The van der Waals surface area contributed by atoms with Gasteiger partial charge in [-0.05, 0) is 6.07 Å². The van der Waals surface area contributed by atoms with E-state index in [1.807, 2.05) is 0 Å². The maximum atomic E-state index is 11.1. The zero-order valence-corrected chi connectivity index (χ0v) is 11.7. The summed E-state index contributed by atoms with van der Waals surface area (Å²) in [5.74, 6) is -1.05. The first-order valence-corrected chi connectivity index (χ1v) is 6.80. The molecule has 0 aliphatic heterocycles. The Hall–Kier alpha value is -3.66. The van der Waals surface area contributed by atoms with Gasteiger partial charge in [0, 0.05) is 6.07 Å². The summed E-state index contributed by atoms with van der Waals surface area (Å²) < 4.78 is 31.2. The van der Waals surface area contributed by atoms with Gasteiger partial charge in [-0.25, -0.2) is 0 Å². The standard InChI is InChI=1S/C11H5N5O6S/c12-3-6(4-13)9(5-14)15-8-1-7(23(20,21)22)2-10(11(8)17)16(18)19/h1-2,15,17H,(H,20,21,22). The molecule has 0 atom stereocenters. The van der Waals surface area contributed by atoms with E-state index in [0.717, 1.165) is 0 Å². The Balaban J connectivity index is 3.67. The number of benzene rings is 1. The highest BCUT2D eigenvalue weighted by molar-refractivity contribution is 7.85. The molecule has 0 spiro atoms. The number of phenolic OH excluding ortho intramolecular Hbond substituents is 1. The van der Waals surface area contributed by atoms with Crippen LogP contribution in [0.15, 0.2) is 28.3 Å². The van der Waals surface area contributed by atoms with Crippen molar-refractivity contribution in [3.8, 4) is 24.0 Å². The summed E-state index contributed by atoms with van der Waals surface area (Å²) in [5, 5.41) is 48.8. The molecule has 0 amide bonds. The number of allylic oxidation sites excluding steroid dienone is 2. The Labute approximate surface area is 128 Å². The number of hydrogen-bond acceptors (Lipinski definition) is 9. The third kappa shape index (κ3) is 3.71. The number of rotatable bonds is 4. The van der Waals surface area contributed by atoms with Gasteiger partial charge in [0.05, 0.1) is 10.6 Å². The van der Waals surface area contributed by atoms with Crippen molar-refractivity contribution in [3.63, 3.8) is 0 Å². The van der Waals surface area contributed by atoms with Crippen LogP contribution in [-0.2, 0) is 10.1 Å². The monoisotopic (exact) mass is 335 g/mol. The summed E-state index contributed by atoms with van der Waals surface area (Å²) in [5.41, 5.74) is -3.11. The molecule has 0 radical (unpaired) electrons. The highest BCUT2D eigenvalue weighted by Gasteiger charge is 2.24. The van der Waals surface area contributed by atoms with E-state index in [9.17, 15) is 23.6 Å². The second kappa shape index (κ2) is 6.41. The molecular weight excluding hydrogens is 330 g/mol. The maximum absolute atomic E-state index is 11.1. The quantitative estimate of drug-likeness (QED) is 0.232. The van der Waals surface area contributed by atoms with Crippen molar-refractivity contribution < 1.29 is 23.0 Å². The molecule has 1 rings (SSSR count). The predicted molar refractivity (Wildman–Crippen MR) is 72.1 cm³/mol. The summed E-state index contributed by atoms with van der Waals surface area (Å²) >= 11 is 0. The third-order valence-electron chi connectivity index (χ3n) is 2.40. The summed E-state index contributed by atoms with van der Waals surface area (Å²) in [7, 11) is -4.86. The number of anilines is 1. The molecule has 12 heteroatoms. The molecule has 23 heavy (non-hydrogen) atoms. The van der Waals surface area contributed by atoms with E-state index in [4.69, 9.17) is 20.3 Å². The van der Waals surface area contributed by atoms with E-state index >= 15 is 0 Å². The SMILES string of the molecule is N#CC(C#N)=C(C#N)Nc1cc(S(=O)(=O)O)cc([N+](=O)[O-])c1O. The van der Waals surface area contributed by atoms with Crippen molar-refractivity contribution in [2.24, 2.45) is 0 Å². The van der Waals surface area contributed by atoms with Crippen LogP contribution in [0, 0.1) is 44.1 Å². The first-order chi connectivity index (χ1) is 10.6. The number of nitrogens with one attached hydrogen (secondary N) is 1. The Bertz CT molecular complexity index is 929. The number of aromatic hydroxyl groups is 1. The van der Waals surface area contributed by atoms with Gasteiger partial charge in [-0.3, -0.25) is 14.7 Å². The molecule has 0 saturated heterocycles. The van der Waals surface area contributed by atoms with Crippen LogP contribution in [0.1, 0.15) is 0 Å². The predicted octanol–water partition coefficient (Wildman–Crippen LogP) is 0.784. The molecule has 1 aromatic rings. The smallest absolute Gasteiger partial charge is 0.314 e. The van der Waals surface area contributed by atoms with Crippen molar-refractivity contribution in [1.29, 1.82) is 15.8 Å². The number of nitro benzene ring substituents is 1. The number of phenols is 1. The molecule has 0 aliphatic rings. The van der Waals surface area contributed by atoms with E-state index in [2.05, 4.69) is 5.32 Å². The van der Waals surface area contributed by atoms with Crippen LogP contribution in [0.4, 0.5) is 11.4 Å². The van der Waals surface area contributed by atoms with Gasteiger partial charge in [-0.2, -0.15) is 24.2 Å². The summed E-state index contributed by atoms with van der Waals surface area (Å²) in [6.07, 6.45) is 0. The summed E-state index contributed by atoms with van der Waals surface area (Å²) in [6.45, 7) is 0. The molecular formula is C11H5N5O6S. The minimum Gasteiger partial charge on any atom is -0.501 e. The van der Waals surface area contributed by atoms with Gasteiger partial charge in [-0.1, -0.05) is 0 Å². The minimum absolute atomic E-state index is 0.404. The molecule has 11 nitrogen and oxygen atoms in total. The second-order valence-electron chi connectivity index (χ2n) is 3.78. The zero-order valence-electron chi connectivity index (χ0n) is 10.9. The Kier molecular flexibility index (Phi) is 4.84. The molecule has 0 bridgehead atoms.